The Labute approximate surface area is 79.9 Å². The summed E-state index contributed by atoms with van der Waals surface area (Å²) < 4.78 is 0. The van der Waals surface area contributed by atoms with Crippen LogP contribution in [0.25, 0.3) is 0 Å². The molecule has 0 heterocycles. The van der Waals surface area contributed by atoms with Crippen LogP contribution in [-0.4, -0.2) is 25.3 Å². The van der Waals surface area contributed by atoms with E-state index in [1.165, 1.54) is 5.56 Å². The summed E-state index contributed by atoms with van der Waals surface area (Å²) >= 11 is 0. The number of benzene rings is 1. The third-order valence-electron chi connectivity index (χ3n) is 1.72. The quantitative estimate of drug-likeness (QED) is 0.507. The van der Waals surface area contributed by atoms with Crippen LogP contribution in [0.5, 0.6) is 0 Å². The molecule has 1 aromatic rings. The number of hydrazone groups is 1. The highest BCUT2D eigenvalue weighted by atomic mass is 15.4. The largest absolute Gasteiger partial charge is 0.303 e. The predicted octanol–water partition coefficient (Wildman–Crippen LogP) is 2.17. The van der Waals surface area contributed by atoms with Gasteiger partial charge in [0.1, 0.15) is 0 Å². The van der Waals surface area contributed by atoms with Crippen LogP contribution < -0.4 is 0 Å². The van der Waals surface area contributed by atoms with Crippen LogP contribution in [0.4, 0.5) is 0 Å². The summed E-state index contributed by atoms with van der Waals surface area (Å²) in [5, 5.41) is 5.96. The average Bonchev–Trinajstić information content (AvgIpc) is 2.14. The second kappa shape index (κ2) is 5.36. The van der Waals surface area contributed by atoms with Gasteiger partial charge < -0.3 is 5.01 Å². The van der Waals surface area contributed by atoms with Gasteiger partial charge in [0.2, 0.25) is 0 Å². The monoisotopic (exact) mass is 176 g/mol. The van der Waals surface area contributed by atoms with Gasteiger partial charge in [-0.1, -0.05) is 30.3 Å². The molecule has 0 N–H and O–H groups in total. The van der Waals surface area contributed by atoms with E-state index in [-0.39, 0.29) is 0 Å². The van der Waals surface area contributed by atoms with Crippen LogP contribution in [-0.2, 0) is 6.42 Å². The van der Waals surface area contributed by atoms with E-state index >= 15 is 0 Å². The van der Waals surface area contributed by atoms with E-state index in [0.717, 1.165) is 12.8 Å². The van der Waals surface area contributed by atoms with E-state index in [0.29, 0.717) is 0 Å². The molecule has 0 saturated carbocycles. The summed E-state index contributed by atoms with van der Waals surface area (Å²) in [6.07, 6.45) is 4.02. The van der Waals surface area contributed by atoms with Gasteiger partial charge in [-0.3, -0.25) is 0 Å². The zero-order chi connectivity index (χ0) is 9.52. The maximum atomic E-state index is 4.15. The highest BCUT2D eigenvalue weighted by Crippen LogP contribution is 2.00. The standard InChI is InChI=1S/C11H16N2/c1-13(2)12-10-6-9-11-7-4-3-5-8-11/h3-5,7-8,10H,6,9H2,1-2H3. The minimum absolute atomic E-state index is 1.00. The van der Waals surface area contributed by atoms with Crippen molar-refractivity contribution in [1.82, 2.24) is 5.01 Å². The highest BCUT2D eigenvalue weighted by molar-refractivity contribution is 5.57. The molecule has 13 heavy (non-hydrogen) atoms. The normalized spacial score (nSPS) is 10.6. The molecule has 0 aliphatic carbocycles. The average molecular weight is 176 g/mol. The summed E-state index contributed by atoms with van der Waals surface area (Å²) in [5.41, 5.74) is 1.37. The molecule has 0 aliphatic heterocycles. The van der Waals surface area contributed by atoms with E-state index in [2.05, 4.69) is 29.4 Å². The van der Waals surface area contributed by atoms with Gasteiger partial charge in [-0.15, -0.1) is 0 Å². The van der Waals surface area contributed by atoms with Crippen LogP contribution in [0.2, 0.25) is 0 Å². The molecule has 0 amide bonds. The van der Waals surface area contributed by atoms with Crippen molar-refractivity contribution in [3.8, 4) is 0 Å². The van der Waals surface area contributed by atoms with Gasteiger partial charge >= 0.3 is 0 Å². The van der Waals surface area contributed by atoms with Crippen LogP contribution in [0.3, 0.4) is 0 Å². The molecule has 2 nitrogen and oxygen atoms in total. The van der Waals surface area contributed by atoms with Crippen molar-refractivity contribution < 1.29 is 0 Å². The van der Waals surface area contributed by atoms with Gasteiger partial charge in [0.15, 0.2) is 0 Å². The first-order valence-electron chi connectivity index (χ1n) is 4.53. The Morgan fingerprint density at radius 3 is 2.54 bits per heavy atom. The fraction of sp³-hybridized carbons (Fsp3) is 0.364. The second-order valence-corrected chi connectivity index (χ2v) is 3.17. The number of nitrogens with zero attached hydrogens (tertiary/aromatic N) is 2. The Kier molecular flexibility index (Phi) is 4.03. The third-order valence-corrected chi connectivity index (χ3v) is 1.72. The van der Waals surface area contributed by atoms with Gasteiger partial charge in [-0.25, -0.2) is 0 Å². The molecule has 0 atom stereocenters. The zero-order valence-corrected chi connectivity index (χ0v) is 8.27. The van der Waals surface area contributed by atoms with Gasteiger partial charge in [0, 0.05) is 20.3 Å². The molecule has 0 saturated heterocycles. The lowest BCUT2D eigenvalue weighted by atomic mass is 10.1. The van der Waals surface area contributed by atoms with Crippen molar-refractivity contribution in [3.05, 3.63) is 35.9 Å². The first kappa shape index (κ1) is 9.78. The van der Waals surface area contributed by atoms with Crippen molar-refractivity contribution in [2.75, 3.05) is 14.1 Å². The molecule has 0 unspecified atom stereocenters. The molecule has 0 bridgehead atoms. The number of aryl methyl sites for hydroxylation is 1. The topological polar surface area (TPSA) is 15.6 Å². The lowest BCUT2D eigenvalue weighted by molar-refractivity contribution is 0.439. The van der Waals surface area contributed by atoms with Gasteiger partial charge in [0.25, 0.3) is 0 Å². The summed E-state index contributed by atoms with van der Waals surface area (Å²) in [6, 6.07) is 10.5. The minimum Gasteiger partial charge on any atom is -0.303 e. The number of hydrogen-bond acceptors (Lipinski definition) is 2. The summed E-state index contributed by atoms with van der Waals surface area (Å²) in [7, 11) is 3.86. The molecule has 1 aromatic carbocycles. The van der Waals surface area contributed by atoms with E-state index in [9.17, 15) is 0 Å². The summed E-state index contributed by atoms with van der Waals surface area (Å²) in [5.74, 6) is 0. The van der Waals surface area contributed by atoms with Crippen molar-refractivity contribution in [1.29, 1.82) is 0 Å². The molecule has 0 aromatic heterocycles. The van der Waals surface area contributed by atoms with Crippen LogP contribution in [0.15, 0.2) is 35.4 Å². The Balaban J connectivity index is 2.28. The molecule has 0 fully saturated rings. The molecular weight excluding hydrogens is 160 g/mol. The highest BCUT2D eigenvalue weighted by Gasteiger charge is 1.88. The van der Waals surface area contributed by atoms with Crippen molar-refractivity contribution in [3.63, 3.8) is 0 Å². The maximum absolute atomic E-state index is 4.15. The van der Waals surface area contributed by atoms with Gasteiger partial charge in [-0.2, -0.15) is 5.10 Å². The Morgan fingerprint density at radius 2 is 1.92 bits per heavy atom. The van der Waals surface area contributed by atoms with Crippen LogP contribution in [0, 0.1) is 0 Å². The predicted molar refractivity (Wildman–Crippen MR) is 56.9 cm³/mol. The smallest absolute Gasteiger partial charge is 0.0248 e. The van der Waals surface area contributed by atoms with E-state index in [4.69, 9.17) is 0 Å². The first-order valence-corrected chi connectivity index (χ1v) is 4.53. The second-order valence-electron chi connectivity index (χ2n) is 3.17. The molecule has 0 radical (unpaired) electrons. The number of rotatable bonds is 4. The Hall–Kier alpha value is -1.31. The Bertz CT molecular complexity index is 252. The molecular formula is C11H16N2. The van der Waals surface area contributed by atoms with E-state index in [1.54, 1.807) is 0 Å². The zero-order valence-electron chi connectivity index (χ0n) is 8.27. The molecule has 1 rings (SSSR count). The van der Waals surface area contributed by atoms with Crippen molar-refractivity contribution >= 4 is 6.21 Å². The number of hydrogen-bond donors (Lipinski definition) is 0. The summed E-state index contributed by atoms with van der Waals surface area (Å²) in [6.45, 7) is 0. The van der Waals surface area contributed by atoms with E-state index in [1.807, 2.05) is 31.4 Å². The van der Waals surface area contributed by atoms with Gasteiger partial charge in [-0.05, 0) is 18.4 Å². The van der Waals surface area contributed by atoms with E-state index < -0.39 is 0 Å². The maximum Gasteiger partial charge on any atom is 0.0248 e. The minimum atomic E-state index is 1.00. The van der Waals surface area contributed by atoms with Crippen LogP contribution in [0.1, 0.15) is 12.0 Å². The Morgan fingerprint density at radius 1 is 1.23 bits per heavy atom. The SMILES string of the molecule is CN(C)N=CCCc1ccccc1. The van der Waals surface area contributed by atoms with Crippen molar-refractivity contribution in [2.24, 2.45) is 5.10 Å². The fourth-order valence-corrected chi connectivity index (χ4v) is 1.10. The lowest BCUT2D eigenvalue weighted by Crippen LogP contribution is -2.01. The molecule has 0 aliphatic rings. The fourth-order valence-electron chi connectivity index (χ4n) is 1.10. The van der Waals surface area contributed by atoms with Crippen molar-refractivity contribution in [2.45, 2.75) is 12.8 Å². The lowest BCUT2D eigenvalue weighted by Gasteiger charge is -2.02. The first-order chi connectivity index (χ1) is 6.29. The molecule has 2 heteroatoms. The molecule has 70 valence electrons. The van der Waals surface area contributed by atoms with Gasteiger partial charge in [0.05, 0.1) is 0 Å². The van der Waals surface area contributed by atoms with Crippen LogP contribution >= 0.6 is 0 Å². The molecule has 0 spiro atoms. The summed E-state index contributed by atoms with van der Waals surface area (Å²) in [4.78, 5) is 0. The third kappa shape index (κ3) is 4.31.